The Hall–Kier alpha value is -0.770. The number of carbonyl (C=O) groups excluding carboxylic acids is 1. The molecule has 1 atom stereocenters. The molecule has 4 heteroatoms. The highest BCUT2D eigenvalue weighted by atomic mass is 16.2. The third-order valence-electron chi connectivity index (χ3n) is 3.56. The summed E-state index contributed by atoms with van der Waals surface area (Å²) >= 11 is 0. The molecule has 0 spiro atoms. The lowest BCUT2D eigenvalue weighted by atomic mass is 10.0. The molecule has 0 radical (unpaired) electrons. The third-order valence-corrected chi connectivity index (χ3v) is 3.56. The number of likely N-dealkylation sites (N-methyl/N-ethyl adjacent to an activating group) is 2. The Labute approximate surface area is 105 Å². The van der Waals surface area contributed by atoms with Gasteiger partial charge >= 0.3 is 6.03 Å². The Bertz CT molecular complexity index is 276. The van der Waals surface area contributed by atoms with Crippen molar-refractivity contribution in [3.05, 3.63) is 0 Å². The Balaban J connectivity index is 2.74. The topological polar surface area (TPSA) is 35.6 Å². The molecular weight excluding hydrogens is 214 g/mol. The summed E-state index contributed by atoms with van der Waals surface area (Å²) in [6, 6.07) is 0.523. The normalized spacial score (nSPS) is 21.8. The number of carbonyl (C=O) groups is 1. The van der Waals surface area contributed by atoms with E-state index in [0.29, 0.717) is 12.0 Å². The van der Waals surface area contributed by atoms with Gasteiger partial charge in [-0.15, -0.1) is 0 Å². The van der Waals surface area contributed by atoms with Crippen molar-refractivity contribution < 1.29 is 4.79 Å². The molecule has 1 saturated heterocycles. The minimum atomic E-state index is -0.119. The van der Waals surface area contributed by atoms with Crippen LogP contribution in [0.4, 0.5) is 4.79 Å². The maximum atomic E-state index is 12.2. The zero-order valence-electron chi connectivity index (χ0n) is 12.1. The van der Waals surface area contributed by atoms with Crippen LogP contribution in [0.3, 0.4) is 0 Å². The highest BCUT2D eigenvalue weighted by Crippen LogP contribution is 2.26. The summed E-state index contributed by atoms with van der Waals surface area (Å²) in [7, 11) is 3.85. The molecule has 0 bridgehead atoms. The number of urea groups is 1. The van der Waals surface area contributed by atoms with E-state index in [4.69, 9.17) is 0 Å². The van der Waals surface area contributed by atoms with Gasteiger partial charge in [-0.05, 0) is 33.2 Å². The van der Waals surface area contributed by atoms with Crippen LogP contribution in [0.15, 0.2) is 0 Å². The van der Waals surface area contributed by atoms with E-state index in [2.05, 4.69) is 33.0 Å². The van der Waals surface area contributed by atoms with Gasteiger partial charge in [0.1, 0.15) is 0 Å². The number of rotatable bonds is 5. The van der Waals surface area contributed by atoms with Crippen LogP contribution in [0.2, 0.25) is 0 Å². The molecule has 0 aliphatic carbocycles. The second-order valence-corrected chi connectivity index (χ2v) is 6.13. The first-order valence-electron chi connectivity index (χ1n) is 6.48. The summed E-state index contributed by atoms with van der Waals surface area (Å²) in [6.45, 7) is 10.3. The van der Waals surface area contributed by atoms with Crippen molar-refractivity contribution in [2.75, 3.05) is 27.2 Å². The molecule has 2 amide bonds. The third kappa shape index (κ3) is 3.12. The van der Waals surface area contributed by atoms with E-state index in [-0.39, 0.29) is 11.6 Å². The molecule has 0 aromatic carbocycles. The molecule has 1 unspecified atom stereocenters. The van der Waals surface area contributed by atoms with Crippen molar-refractivity contribution >= 4 is 6.03 Å². The predicted molar refractivity (Wildman–Crippen MR) is 71.1 cm³/mol. The maximum absolute atomic E-state index is 12.2. The van der Waals surface area contributed by atoms with E-state index in [1.54, 1.807) is 0 Å². The number of amides is 2. The minimum Gasteiger partial charge on any atom is -0.323 e. The highest BCUT2D eigenvalue weighted by Gasteiger charge is 2.41. The Kier molecular flexibility index (Phi) is 4.42. The van der Waals surface area contributed by atoms with E-state index in [9.17, 15) is 4.79 Å². The van der Waals surface area contributed by atoms with Gasteiger partial charge in [0, 0.05) is 20.1 Å². The maximum Gasteiger partial charge on any atom is 0.320 e. The van der Waals surface area contributed by atoms with Crippen LogP contribution in [0.25, 0.3) is 0 Å². The Morgan fingerprint density at radius 3 is 2.53 bits per heavy atom. The van der Waals surface area contributed by atoms with Gasteiger partial charge in [-0.1, -0.05) is 13.8 Å². The molecule has 0 saturated carbocycles. The van der Waals surface area contributed by atoms with Gasteiger partial charge in [0.25, 0.3) is 0 Å². The molecule has 17 heavy (non-hydrogen) atoms. The zero-order chi connectivity index (χ0) is 13.2. The summed E-state index contributed by atoms with van der Waals surface area (Å²) in [4.78, 5) is 16.1. The molecule has 1 fully saturated rings. The van der Waals surface area contributed by atoms with Crippen molar-refractivity contribution in [3.8, 4) is 0 Å². The average Bonchev–Trinajstić information content (AvgIpc) is 2.46. The number of nitrogens with one attached hydrogen (secondary N) is 1. The molecule has 100 valence electrons. The molecule has 1 heterocycles. The Morgan fingerprint density at radius 1 is 1.47 bits per heavy atom. The number of nitrogens with zero attached hydrogens (tertiary/aromatic N) is 2. The molecule has 1 N–H and O–H groups in total. The molecule has 0 aromatic rings. The summed E-state index contributed by atoms with van der Waals surface area (Å²) < 4.78 is 0. The first-order chi connectivity index (χ1) is 7.79. The van der Waals surface area contributed by atoms with E-state index >= 15 is 0 Å². The summed E-state index contributed by atoms with van der Waals surface area (Å²) in [6.07, 6.45) is 1.08. The smallest absolute Gasteiger partial charge is 0.320 e. The number of hydrogen-bond acceptors (Lipinski definition) is 2. The first-order valence-corrected chi connectivity index (χ1v) is 6.48. The van der Waals surface area contributed by atoms with Crippen LogP contribution < -0.4 is 5.32 Å². The van der Waals surface area contributed by atoms with Crippen LogP contribution in [0.1, 0.15) is 34.1 Å². The lowest BCUT2D eigenvalue weighted by molar-refractivity contribution is 0.149. The van der Waals surface area contributed by atoms with Crippen molar-refractivity contribution in [3.63, 3.8) is 0 Å². The van der Waals surface area contributed by atoms with Gasteiger partial charge in [-0.3, -0.25) is 0 Å². The van der Waals surface area contributed by atoms with Gasteiger partial charge in [-0.2, -0.15) is 0 Å². The standard InChI is InChI=1S/C13H27N3O/c1-10(2)7-11-8-16(12(17)15(11)6)13(3,4)9-14-5/h10-11,14H,7-9H2,1-6H3. The molecule has 4 nitrogen and oxygen atoms in total. The van der Waals surface area contributed by atoms with Gasteiger partial charge in [0.2, 0.25) is 0 Å². The van der Waals surface area contributed by atoms with Crippen molar-refractivity contribution in [2.45, 2.75) is 45.7 Å². The Morgan fingerprint density at radius 2 is 2.06 bits per heavy atom. The van der Waals surface area contributed by atoms with E-state index < -0.39 is 0 Å². The second kappa shape index (κ2) is 5.25. The van der Waals surface area contributed by atoms with Crippen LogP contribution in [0, 0.1) is 5.92 Å². The van der Waals surface area contributed by atoms with Gasteiger partial charge < -0.3 is 15.1 Å². The monoisotopic (exact) mass is 241 g/mol. The molecule has 0 aromatic heterocycles. The zero-order valence-corrected chi connectivity index (χ0v) is 12.1. The first kappa shape index (κ1) is 14.3. The predicted octanol–water partition coefficient (Wildman–Crippen LogP) is 1.77. The van der Waals surface area contributed by atoms with Crippen LogP contribution in [-0.2, 0) is 0 Å². The fourth-order valence-electron chi connectivity index (χ4n) is 2.57. The average molecular weight is 241 g/mol. The highest BCUT2D eigenvalue weighted by molar-refractivity contribution is 5.77. The van der Waals surface area contributed by atoms with Crippen molar-refractivity contribution in [2.24, 2.45) is 5.92 Å². The largest absolute Gasteiger partial charge is 0.323 e. The molecule has 1 rings (SSSR count). The van der Waals surface area contributed by atoms with Gasteiger partial charge in [0.05, 0.1) is 11.6 Å². The summed E-state index contributed by atoms with van der Waals surface area (Å²) in [5.41, 5.74) is -0.119. The van der Waals surface area contributed by atoms with E-state index in [1.807, 2.05) is 23.9 Å². The lowest BCUT2D eigenvalue weighted by Crippen LogP contribution is -2.51. The van der Waals surface area contributed by atoms with Crippen LogP contribution >= 0.6 is 0 Å². The van der Waals surface area contributed by atoms with Gasteiger partial charge in [0.15, 0.2) is 0 Å². The summed E-state index contributed by atoms with van der Waals surface area (Å²) in [5, 5.41) is 3.16. The van der Waals surface area contributed by atoms with Crippen molar-refractivity contribution in [1.29, 1.82) is 0 Å². The number of hydrogen-bond donors (Lipinski definition) is 1. The van der Waals surface area contributed by atoms with E-state index in [0.717, 1.165) is 19.5 Å². The second-order valence-electron chi connectivity index (χ2n) is 6.13. The fraction of sp³-hybridized carbons (Fsp3) is 0.923. The SMILES string of the molecule is CNCC(C)(C)N1CC(CC(C)C)N(C)C1=O. The van der Waals surface area contributed by atoms with Crippen LogP contribution in [-0.4, -0.2) is 54.6 Å². The fourth-order valence-corrected chi connectivity index (χ4v) is 2.57. The van der Waals surface area contributed by atoms with Gasteiger partial charge in [-0.25, -0.2) is 4.79 Å². The minimum absolute atomic E-state index is 0.119. The summed E-state index contributed by atoms with van der Waals surface area (Å²) in [5.74, 6) is 0.627. The van der Waals surface area contributed by atoms with E-state index in [1.165, 1.54) is 0 Å². The molecular formula is C13H27N3O. The van der Waals surface area contributed by atoms with Crippen molar-refractivity contribution in [1.82, 2.24) is 15.1 Å². The molecule has 1 aliphatic rings. The quantitative estimate of drug-likeness (QED) is 0.796. The lowest BCUT2D eigenvalue weighted by Gasteiger charge is -2.34. The van der Waals surface area contributed by atoms with Crippen LogP contribution in [0.5, 0.6) is 0 Å². The molecule has 1 aliphatic heterocycles.